The molecule has 0 bridgehead atoms. The van der Waals surface area contributed by atoms with E-state index in [1.165, 1.54) is 11.9 Å². The standard InChI is InChI=1S/C28H32N8O/c1-18-23(9-8-21-16-35(33-26(18)21)15-19-6-4-3-5-7-19)24-11-22(36-27(24)28(29)31-17-32-36)10-20-13-34(14-20)25(37)12-30-2/h3-9,11,16-18,20,23,30H,10,12-15H2,1-2H3,(H2,29,31,32). The number of hydrogen-bond acceptors (Lipinski definition) is 6. The molecule has 0 radical (unpaired) electrons. The van der Waals surface area contributed by atoms with Crippen LogP contribution in [-0.2, 0) is 17.8 Å². The van der Waals surface area contributed by atoms with Gasteiger partial charge < -0.3 is 16.0 Å². The van der Waals surface area contributed by atoms with Crippen molar-refractivity contribution in [3.63, 3.8) is 0 Å². The molecule has 1 aliphatic heterocycles. The van der Waals surface area contributed by atoms with Gasteiger partial charge in [-0.05, 0) is 36.6 Å². The van der Waals surface area contributed by atoms with Crippen molar-refractivity contribution in [3.8, 4) is 0 Å². The van der Waals surface area contributed by atoms with Gasteiger partial charge in [0.05, 0.1) is 18.8 Å². The number of nitrogens with one attached hydrogen (secondary N) is 1. The predicted octanol–water partition coefficient (Wildman–Crippen LogP) is 2.69. The summed E-state index contributed by atoms with van der Waals surface area (Å²) >= 11 is 0. The van der Waals surface area contributed by atoms with Gasteiger partial charge in [-0.3, -0.25) is 9.48 Å². The van der Waals surface area contributed by atoms with Gasteiger partial charge in [0.2, 0.25) is 5.91 Å². The van der Waals surface area contributed by atoms with Crippen LogP contribution in [0.25, 0.3) is 11.6 Å². The molecule has 4 aromatic rings. The maximum Gasteiger partial charge on any atom is 0.236 e. The van der Waals surface area contributed by atoms with Gasteiger partial charge >= 0.3 is 0 Å². The van der Waals surface area contributed by atoms with E-state index in [-0.39, 0.29) is 17.7 Å². The van der Waals surface area contributed by atoms with E-state index < -0.39 is 0 Å². The largest absolute Gasteiger partial charge is 0.382 e. The van der Waals surface area contributed by atoms with E-state index in [0.717, 1.165) is 54.1 Å². The average Bonchev–Trinajstić information content (AvgIpc) is 3.44. The molecule has 190 valence electrons. The van der Waals surface area contributed by atoms with E-state index in [1.807, 2.05) is 20.2 Å². The van der Waals surface area contributed by atoms with Gasteiger partial charge in [-0.1, -0.05) is 49.4 Å². The van der Waals surface area contributed by atoms with Gasteiger partial charge in [-0.15, -0.1) is 0 Å². The monoisotopic (exact) mass is 496 g/mol. The maximum atomic E-state index is 12.1. The number of nitrogens with two attached hydrogens (primary N) is 1. The van der Waals surface area contributed by atoms with Crippen LogP contribution in [0.4, 0.5) is 5.82 Å². The lowest BCUT2D eigenvalue weighted by atomic mass is 9.80. The van der Waals surface area contributed by atoms with E-state index in [0.29, 0.717) is 18.3 Å². The van der Waals surface area contributed by atoms with Crippen LogP contribution in [-0.4, -0.2) is 61.9 Å². The summed E-state index contributed by atoms with van der Waals surface area (Å²) in [6.07, 6.45) is 8.92. The molecule has 0 spiro atoms. The van der Waals surface area contributed by atoms with E-state index >= 15 is 0 Å². The van der Waals surface area contributed by atoms with Crippen LogP contribution in [0.5, 0.6) is 0 Å². The summed E-state index contributed by atoms with van der Waals surface area (Å²) in [7, 11) is 1.80. The molecule has 0 saturated carbocycles. The number of likely N-dealkylation sites (N-methyl/N-ethyl adjacent to an activating group) is 1. The second-order valence-electron chi connectivity index (χ2n) is 10.2. The van der Waals surface area contributed by atoms with E-state index in [2.05, 4.69) is 71.0 Å². The molecule has 2 atom stereocenters. The highest BCUT2D eigenvalue weighted by Gasteiger charge is 2.33. The Morgan fingerprint density at radius 1 is 1.22 bits per heavy atom. The highest BCUT2D eigenvalue weighted by molar-refractivity contribution is 5.79. The number of carbonyl (C=O) groups excluding carboxylic acids is 1. The number of likely N-dealkylation sites (tertiary alicyclic amines) is 1. The van der Waals surface area contributed by atoms with Gasteiger partial charge in [0, 0.05) is 42.4 Å². The van der Waals surface area contributed by atoms with Crippen molar-refractivity contribution in [3.05, 3.63) is 83.1 Å². The molecule has 37 heavy (non-hydrogen) atoms. The Balaban J connectivity index is 1.26. The van der Waals surface area contributed by atoms with E-state index in [1.54, 1.807) is 7.05 Å². The Morgan fingerprint density at radius 3 is 2.81 bits per heavy atom. The second-order valence-corrected chi connectivity index (χ2v) is 10.2. The predicted molar refractivity (Wildman–Crippen MR) is 143 cm³/mol. The first-order valence-corrected chi connectivity index (χ1v) is 12.8. The van der Waals surface area contributed by atoms with Gasteiger partial charge in [-0.2, -0.15) is 10.2 Å². The molecule has 3 aromatic heterocycles. The third-order valence-electron chi connectivity index (χ3n) is 7.64. The number of benzene rings is 1. The van der Waals surface area contributed by atoms with Crippen molar-refractivity contribution >= 4 is 23.3 Å². The van der Waals surface area contributed by atoms with Crippen molar-refractivity contribution in [2.75, 3.05) is 32.4 Å². The second kappa shape index (κ2) is 9.48. The molecule has 9 nitrogen and oxygen atoms in total. The summed E-state index contributed by atoms with van der Waals surface area (Å²) < 4.78 is 3.97. The third-order valence-corrected chi connectivity index (χ3v) is 7.64. The molecule has 1 aromatic carbocycles. The summed E-state index contributed by atoms with van der Waals surface area (Å²) in [5.74, 6) is 1.32. The summed E-state index contributed by atoms with van der Waals surface area (Å²) in [4.78, 5) is 18.3. The number of nitrogen functional groups attached to an aromatic ring is 1. The summed E-state index contributed by atoms with van der Waals surface area (Å²) in [5.41, 5.74) is 13.0. The molecule has 1 saturated heterocycles. The molecule has 6 rings (SSSR count). The number of amides is 1. The zero-order valence-electron chi connectivity index (χ0n) is 21.2. The fourth-order valence-corrected chi connectivity index (χ4v) is 5.73. The Bertz CT molecular complexity index is 1460. The number of rotatable bonds is 7. The first kappa shape index (κ1) is 23.4. The average molecular weight is 497 g/mol. The van der Waals surface area contributed by atoms with E-state index in [4.69, 9.17) is 10.8 Å². The fraction of sp³-hybridized carbons (Fsp3) is 0.357. The normalized spacial score (nSPS) is 19.2. The number of aromatic nitrogens is 5. The number of allylic oxidation sites excluding steroid dienone is 1. The molecule has 9 heteroatoms. The molecule has 1 amide bonds. The summed E-state index contributed by atoms with van der Waals surface area (Å²) in [6.45, 7) is 4.89. The van der Waals surface area contributed by atoms with Crippen molar-refractivity contribution in [1.29, 1.82) is 0 Å². The highest BCUT2D eigenvalue weighted by atomic mass is 16.2. The number of hydrogen-bond donors (Lipinski definition) is 2. The van der Waals surface area contributed by atoms with Gasteiger partial charge in [0.15, 0.2) is 5.82 Å². The number of fused-ring (bicyclic) bond motifs is 2. The highest BCUT2D eigenvalue weighted by Crippen LogP contribution is 2.42. The van der Waals surface area contributed by atoms with Crippen molar-refractivity contribution in [2.24, 2.45) is 5.92 Å². The van der Waals surface area contributed by atoms with Crippen LogP contribution in [0, 0.1) is 5.92 Å². The molecular formula is C28H32N8O. The van der Waals surface area contributed by atoms with Crippen LogP contribution in [0.3, 0.4) is 0 Å². The van der Waals surface area contributed by atoms with Crippen LogP contribution in [0.1, 0.15) is 46.8 Å². The minimum Gasteiger partial charge on any atom is -0.382 e. The lowest BCUT2D eigenvalue weighted by Gasteiger charge is -2.39. The van der Waals surface area contributed by atoms with Gasteiger partial charge in [-0.25, -0.2) is 9.50 Å². The molecule has 1 fully saturated rings. The molecule has 2 unspecified atom stereocenters. The van der Waals surface area contributed by atoms with E-state index in [9.17, 15) is 4.79 Å². The summed E-state index contributed by atoms with van der Waals surface area (Å²) in [6, 6.07) is 12.6. The van der Waals surface area contributed by atoms with Gasteiger partial charge in [0.1, 0.15) is 11.8 Å². The van der Waals surface area contributed by atoms with Crippen LogP contribution in [0.2, 0.25) is 0 Å². The number of carbonyl (C=O) groups is 1. The summed E-state index contributed by atoms with van der Waals surface area (Å²) in [5, 5.41) is 12.5. The molecule has 4 heterocycles. The van der Waals surface area contributed by atoms with Crippen LogP contribution < -0.4 is 11.1 Å². The third kappa shape index (κ3) is 4.29. The van der Waals surface area contributed by atoms with Crippen molar-refractivity contribution in [2.45, 2.75) is 31.7 Å². The van der Waals surface area contributed by atoms with Crippen molar-refractivity contribution < 1.29 is 4.79 Å². The Morgan fingerprint density at radius 2 is 2.03 bits per heavy atom. The number of anilines is 1. The van der Waals surface area contributed by atoms with Crippen molar-refractivity contribution in [1.82, 2.24) is 34.6 Å². The first-order valence-electron chi connectivity index (χ1n) is 12.8. The minimum absolute atomic E-state index is 0.111. The molecule has 3 N–H and O–H groups in total. The topological polar surface area (TPSA) is 106 Å². The number of nitrogens with zero attached hydrogens (tertiary/aromatic N) is 6. The molecule has 2 aliphatic rings. The van der Waals surface area contributed by atoms with Crippen LogP contribution >= 0.6 is 0 Å². The van der Waals surface area contributed by atoms with Crippen LogP contribution in [0.15, 0.2) is 55.0 Å². The Hall–Kier alpha value is -3.98. The lowest BCUT2D eigenvalue weighted by molar-refractivity contribution is -0.136. The zero-order valence-corrected chi connectivity index (χ0v) is 21.2. The lowest BCUT2D eigenvalue weighted by Crippen LogP contribution is -2.53. The SMILES string of the molecule is CNCC(=O)N1CC(Cc2cc(C3C=Cc4cn(Cc5ccccc5)nc4C3C)c3c(N)ncnn23)C1. The van der Waals surface area contributed by atoms with Gasteiger partial charge in [0.25, 0.3) is 0 Å². The molecule has 1 aliphatic carbocycles. The molecular weight excluding hydrogens is 464 g/mol. The fourth-order valence-electron chi connectivity index (χ4n) is 5.73. The smallest absolute Gasteiger partial charge is 0.236 e. The minimum atomic E-state index is 0.111. The first-order chi connectivity index (χ1) is 18.0. The Labute approximate surface area is 216 Å². The maximum absolute atomic E-state index is 12.1. The zero-order chi connectivity index (χ0) is 25.5. The quantitative estimate of drug-likeness (QED) is 0.408. The Kier molecular flexibility index (Phi) is 6.00.